The molecular formula is C20H40O. The van der Waals surface area contributed by atoms with Crippen molar-refractivity contribution in [1.29, 1.82) is 0 Å². The molecule has 1 heteroatoms. The fourth-order valence-electron chi connectivity index (χ4n) is 4.10. The van der Waals surface area contributed by atoms with Gasteiger partial charge in [0.15, 0.2) is 0 Å². The van der Waals surface area contributed by atoms with Crippen molar-refractivity contribution in [2.24, 2.45) is 29.6 Å². The van der Waals surface area contributed by atoms with Crippen molar-refractivity contribution in [2.45, 2.75) is 91.9 Å². The maximum absolute atomic E-state index is 8.95. The summed E-state index contributed by atoms with van der Waals surface area (Å²) < 4.78 is 0. The Morgan fingerprint density at radius 3 is 2.33 bits per heavy atom. The molecule has 0 heterocycles. The predicted octanol–water partition coefficient (Wildman–Crippen LogP) is 6.05. The van der Waals surface area contributed by atoms with E-state index < -0.39 is 0 Å². The first-order valence-corrected chi connectivity index (χ1v) is 9.63. The third-order valence-electron chi connectivity index (χ3n) is 5.76. The average molecular weight is 297 g/mol. The van der Waals surface area contributed by atoms with Gasteiger partial charge in [-0.3, -0.25) is 0 Å². The molecule has 0 radical (unpaired) electrons. The predicted molar refractivity (Wildman–Crippen MR) is 93.4 cm³/mol. The zero-order valence-electron chi connectivity index (χ0n) is 15.1. The topological polar surface area (TPSA) is 20.2 Å². The summed E-state index contributed by atoms with van der Waals surface area (Å²) in [5, 5.41) is 8.95. The second kappa shape index (κ2) is 10.6. The van der Waals surface area contributed by atoms with E-state index in [4.69, 9.17) is 5.11 Å². The Kier molecular flexibility index (Phi) is 9.64. The molecular weight excluding hydrogens is 256 g/mol. The quantitative estimate of drug-likeness (QED) is 0.492. The van der Waals surface area contributed by atoms with Crippen LogP contribution < -0.4 is 0 Å². The number of aliphatic hydroxyl groups is 1. The summed E-state index contributed by atoms with van der Waals surface area (Å²) in [6.45, 7) is 9.82. The molecule has 1 nitrogen and oxygen atoms in total. The lowest BCUT2D eigenvalue weighted by molar-refractivity contribution is 0.254. The molecule has 1 aliphatic carbocycles. The minimum Gasteiger partial charge on any atom is -0.396 e. The Morgan fingerprint density at radius 1 is 0.905 bits per heavy atom. The van der Waals surface area contributed by atoms with Crippen molar-refractivity contribution in [2.75, 3.05) is 6.61 Å². The molecule has 1 saturated carbocycles. The molecule has 126 valence electrons. The molecule has 0 spiro atoms. The van der Waals surface area contributed by atoms with Crippen molar-refractivity contribution in [3.8, 4) is 0 Å². The molecule has 0 aromatic heterocycles. The smallest absolute Gasteiger partial charge is 0.0433 e. The van der Waals surface area contributed by atoms with E-state index in [-0.39, 0.29) is 0 Å². The highest BCUT2D eigenvalue weighted by molar-refractivity contribution is 4.79. The zero-order valence-corrected chi connectivity index (χ0v) is 15.1. The number of hydrogen-bond donors (Lipinski definition) is 1. The summed E-state index contributed by atoms with van der Waals surface area (Å²) >= 11 is 0. The van der Waals surface area contributed by atoms with Gasteiger partial charge in [-0.05, 0) is 48.9 Å². The minimum atomic E-state index is 0.362. The third kappa shape index (κ3) is 8.24. The molecule has 0 bridgehead atoms. The van der Waals surface area contributed by atoms with Crippen molar-refractivity contribution >= 4 is 0 Å². The van der Waals surface area contributed by atoms with Crippen LogP contribution in [0.25, 0.3) is 0 Å². The van der Waals surface area contributed by atoms with Gasteiger partial charge in [-0.25, -0.2) is 0 Å². The molecule has 1 rings (SSSR count). The van der Waals surface area contributed by atoms with Gasteiger partial charge in [-0.15, -0.1) is 0 Å². The number of hydrogen-bond acceptors (Lipinski definition) is 1. The van der Waals surface area contributed by atoms with Crippen molar-refractivity contribution < 1.29 is 5.11 Å². The molecule has 1 N–H and O–H groups in total. The highest BCUT2D eigenvalue weighted by Gasteiger charge is 2.28. The SMILES string of the molecule is CC(C)CCC[C@@H](C)[C@@H]1CC[C@@H](CCC[C@@H](C)CCO)C1. The van der Waals surface area contributed by atoms with Crippen LogP contribution in [0.1, 0.15) is 91.9 Å². The zero-order chi connectivity index (χ0) is 15.7. The summed E-state index contributed by atoms with van der Waals surface area (Å²) in [5.41, 5.74) is 0. The lowest BCUT2D eigenvalue weighted by Crippen LogP contribution is -2.09. The van der Waals surface area contributed by atoms with Crippen molar-refractivity contribution in [3.63, 3.8) is 0 Å². The molecule has 0 amide bonds. The van der Waals surface area contributed by atoms with E-state index in [0.29, 0.717) is 12.5 Å². The van der Waals surface area contributed by atoms with Gasteiger partial charge in [0, 0.05) is 6.61 Å². The van der Waals surface area contributed by atoms with Crippen LogP contribution in [0.15, 0.2) is 0 Å². The minimum absolute atomic E-state index is 0.362. The average Bonchev–Trinajstić information content (AvgIpc) is 2.87. The van der Waals surface area contributed by atoms with Crippen LogP contribution in [0.5, 0.6) is 0 Å². The van der Waals surface area contributed by atoms with Gasteiger partial charge in [0.1, 0.15) is 0 Å². The van der Waals surface area contributed by atoms with Gasteiger partial charge in [-0.2, -0.15) is 0 Å². The fourth-order valence-corrected chi connectivity index (χ4v) is 4.10. The standard InChI is InChI=1S/C20H40O/c1-16(2)7-5-9-18(4)20-12-11-19(15-20)10-6-8-17(3)13-14-21/h16-21H,5-15H2,1-4H3/t17-,18-,19-,20-/m1/s1. The summed E-state index contributed by atoms with van der Waals surface area (Å²) in [6.07, 6.45) is 13.9. The number of rotatable bonds is 11. The Bertz CT molecular complexity index is 248. The lowest BCUT2D eigenvalue weighted by Gasteiger charge is -2.20. The van der Waals surface area contributed by atoms with Crippen molar-refractivity contribution in [1.82, 2.24) is 0 Å². The van der Waals surface area contributed by atoms with Crippen LogP contribution in [0.4, 0.5) is 0 Å². The normalized spacial score (nSPS) is 25.4. The number of aliphatic hydroxyl groups excluding tert-OH is 1. The monoisotopic (exact) mass is 296 g/mol. The van der Waals surface area contributed by atoms with Gasteiger partial charge in [0.05, 0.1) is 0 Å². The third-order valence-corrected chi connectivity index (χ3v) is 5.76. The van der Waals surface area contributed by atoms with Gasteiger partial charge >= 0.3 is 0 Å². The van der Waals surface area contributed by atoms with Gasteiger partial charge in [0.2, 0.25) is 0 Å². The Hall–Kier alpha value is -0.0400. The Labute approximate surface area is 133 Å². The van der Waals surface area contributed by atoms with E-state index in [1.165, 1.54) is 57.8 Å². The first-order valence-electron chi connectivity index (χ1n) is 9.63. The highest BCUT2D eigenvalue weighted by Crippen LogP contribution is 2.40. The molecule has 0 unspecified atom stereocenters. The van der Waals surface area contributed by atoms with Crippen LogP contribution in [0.3, 0.4) is 0 Å². The van der Waals surface area contributed by atoms with E-state index in [0.717, 1.165) is 30.1 Å². The van der Waals surface area contributed by atoms with E-state index in [9.17, 15) is 0 Å². The largest absolute Gasteiger partial charge is 0.396 e. The molecule has 0 aromatic rings. The van der Waals surface area contributed by atoms with Crippen LogP contribution in [-0.2, 0) is 0 Å². The van der Waals surface area contributed by atoms with Gasteiger partial charge in [0.25, 0.3) is 0 Å². The van der Waals surface area contributed by atoms with E-state index in [1.54, 1.807) is 0 Å². The van der Waals surface area contributed by atoms with Crippen LogP contribution in [0, 0.1) is 29.6 Å². The molecule has 1 aliphatic rings. The van der Waals surface area contributed by atoms with Crippen molar-refractivity contribution in [3.05, 3.63) is 0 Å². The first kappa shape index (κ1) is 19.0. The molecule has 1 fully saturated rings. The van der Waals surface area contributed by atoms with E-state index >= 15 is 0 Å². The second-order valence-corrected chi connectivity index (χ2v) is 8.29. The summed E-state index contributed by atoms with van der Waals surface area (Å²) in [4.78, 5) is 0. The first-order chi connectivity index (χ1) is 10.0. The Morgan fingerprint density at radius 2 is 1.67 bits per heavy atom. The maximum atomic E-state index is 8.95. The van der Waals surface area contributed by atoms with Crippen LogP contribution >= 0.6 is 0 Å². The van der Waals surface area contributed by atoms with E-state index in [1.807, 2.05) is 0 Å². The van der Waals surface area contributed by atoms with Crippen LogP contribution in [0.2, 0.25) is 0 Å². The molecule has 21 heavy (non-hydrogen) atoms. The second-order valence-electron chi connectivity index (χ2n) is 8.29. The molecule has 4 atom stereocenters. The van der Waals surface area contributed by atoms with E-state index in [2.05, 4.69) is 27.7 Å². The molecule has 0 aromatic carbocycles. The van der Waals surface area contributed by atoms with Crippen LogP contribution in [-0.4, -0.2) is 11.7 Å². The Balaban J connectivity index is 2.11. The fraction of sp³-hybridized carbons (Fsp3) is 1.00. The van der Waals surface area contributed by atoms with Gasteiger partial charge in [-0.1, -0.05) is 72.6 Å². The summed E-state index contributed by atoms with van der Waals surface area (Å²) in [5.74, 6) is 4.54. The lowest BCUT2D eigenvalue weighted by atomic mass is 9.86. The molecule has 0 aliphatic heterocycles. The summed E-state index contributed by atoms with van der Waals surface area (Å²) in [6, 6.07) is 0. The highest BCUT2D eigenvalue weighted by atomic mass is 16.3. The summed E-state index contributed by atoms with van der Waals surface area (Å²) in [7, 11) is 0. The van der Waals surface area contributed by atoms with Gasteiger partial charge < -0.3 is 5.11 Å². The molecule has 0 saturated heterocycles. The maximum Gasteiger partial charge on any atom is 0.0433 e.